The van der Waals surface area contributed by atoms with Crippen LogP contribution in [0.3, 0.4) is 0 Å². The number of fused-ring (bicyclic) bond motifs is 1. The van der Waals surface area contributed by atoms with Gasteiger partial charge in [-0.1, -0.05) is 30.3 Å². The molecule has 0 atom stereocenters. The average Bonchev–Trinajstić information content (AvgIpc) is 3.08. The molecule has 5 heteroatoms. The van der Waals surface area contributed by atoms with Crippen LogP contribution in [0.5, 0.6) is 0 Å². The zero-order valence-corrected chi connectivity index (χ0v) is 13.6. The van der Waals surface area contributed by atoms with Gasteiger partial charge in [0.05, 0.1) is 24.9 Å². The number of benzene rings is 1. The molecule has 5 nitrogen and oxygen atoms in total. The minimum absolute atomic E-state index is 0.0107. The fourth-order valence-corrected chi connectivity index (χ4v) is 3.18. The van der Waals surface area contributed by atoms with Gasteiger partial charge in [-0.2, -0.15) is 0 Å². The fourth-order valence-electron chi connectivity index (χ4n) is 3.18. The number of nitrogens with one attached hydrogen (secondary N) is 1. The lowest BCUT2D eigenvalue weighted by atomic mass is 9.99. The highest BCUT2D eigenvalue weighted by atomic mass is 16.3. The summed E-state index contributed by atoms with van der Waals surface area (Å²) in [4.78, 5) is 13.7. The van der Waals surface area contributed by atoms with Crippen LogP contribution in [0.25, 0.3) is 0 Å². The molecule has 4 rings (SSSR count). The van der Waals surface area contributed by atoms with Gasteiger partial charge < -0.3 is 19.7 Å². The Morgan fingerprint density at radius 1 is 1.16 bits per heavy atom. The Bertz CT molecular complexity index is 877. The Kier molecular flexibility index (Phi) is 3.90. The van der Waals surface area contributed by atoms with Crippen LogP contribution in [0.1, 0.15) is 17.7 Å². The molecule has 2 N–H and O–H groups in total. The highest BCUT2D eigenvalue weighted by Gasteiger charge is 2.29. The summed E-state index contributed by atoms with van der Waals surface area (Å²) in [6.45, 7) is 0.484. The van der Waals surface area contributed by atoms with Crippen LogP contribution in [0.4, 0.5) is 0 Å². The van der Waals surface area contributed by atoms with Crippen molar-refractivity contribution >= 4 is 5.91 Å². The van der Waals surface area contributed by atoms with E-state index in [1.54, 1.807) is 6.26 Å². The minimum atomic E-state index is -0.202. The normalized spacial score (nSPS) is 17.0. The maximum absolute atomic E-state index is 11.8. The van der Waals surface area contributed by atoms with E-state index < -0.39 is 0 Å². The fraction of sp³-hybridized carbons (Fsp3) is 0.150. The van der Waals surface area contributed by atoms with Gasteiger partial charge in [-0.05, 0) is 35.8 Å². The third kappa shape index (κ3) is 3.21. The third-order valence-corrected chi connectivity index (χ3v) is 4.23. The van der Waals surface area contributed by atoms with Crippen molar-refractivity contribution in [1.82, 2.24) is 10.2 Å². The van der Waals surface area contributed by atoms with Crippen LogP contribution in [0, 0.1) is 0 Å². The molecule has 1 aromatic heterocycles. The first-order chi connectivity index (χ1) is 12.2. The van der Waals surface area contributed by atoms with Gasteiger partial charge in [0.25, 0.3) is 0 Å². The zero-order valence-electron chi connectivity index (χ0n) is 13.6. The molecular weight excluding hydrogens is 316 g/mol. The molecule has 0 saturated heterocycles. The van der Waals surface area contributed by atoms with Gasteiger partial charge in [-0.3, -0.25) is 4.79 Å². The minimum Gasteiger partial charge on any atom is -0.510 e. The number of nitrogens with zero attached hydrogens (tertiary/aromatic N) is 1. The summed E-state index contributed by atoms with van der Waals surface area (Å²) in [5, 5.41) is 13.2. The molecule has 2 aliphatic rings. The second kappa shape index (κ2) is 6.36. The molecule has 2 aliphatic heterocycles. The summed E-state index contributed by atoms with van der Waals surface area (Å²) in [6.07, 6.45) is 6.28. The van der Waals surface area contributed by atoms with E-state index in [0.717, 1.165) is 17.8 Å². The maximum atomic E-state index is 11.8. The number of rotatable bonds is 4. The highest BCUT2D eigenvalue weighted by molar-refractivity contribution is 5.83. The summed E-state index contributed by atoms with van der Waals surface area (Å²) >= 11 is 0. The van der Waals surface area contributed by atoms with Crippen LogP contribution in [-0.4, -0.2) is 15.9 Å². The monoisotopic (exact) mass is 334 g/mol. The lowest BCUT2D eigenvalue weighted by molar-refractivity contribution is -0.120. The number of aliphatic hydroxyl groups is 1. The average molecular weight is 334 g/mol. The molecule has 3 heterocycles. The van der Waals surface area contributed by atoms with Crippen LogP contribution in [0.2, 0.25) is 0 Å². The number of aliphatic hydroxyl groups excluding tert-OH is 1. The molecule has 0 saturated carbocycles. The molecule has 0 unspecified atom stereocenters. The first-order valence-electron chi connectivity index (χ1n) is 8.17. The Balaban J connectivity index is 1.69. The van der Waals surface area contributed by atoms with Gasteiger partial charge in [0.2, 0.25) is 5.91 Å². The summed E-state index contributed by atoms with van der Waals surface area (Å²) in [5.74, 6) is 0.664. The van der Waals surface area contributed by atoms with Crippen LogP contribution in [0.15, 0.2) is 88.1 Å². The molecule has 1 amide bonds. The molecule has 0 radical (unpaired) electrons. The third-order valence-electron chi connectivity index (χ3n) is 4.23. The standard InChI is InChI=1S/C20H18N2O3/c23-18-11-19(24)21-17-10-15(9-14-5-2-1-3-6-14)12-22(20(17)18)13-16-7-4-8-25-16/h1-8,10,12,23H,9,11,13H2,(H,21,24). The van der Waals surface area contributed by atoms with Crippen molar-refractivity contribution in [3.63, 3.8) is 0 Å². The molecule has 126 valence electrons. The predicted molar refractivity (Wildman–Crippen MR) is 93.0 cm³/mol. The number of carbonyl (C=O) groups excluding carboxylic acids is 1. The van der Waals surface area contributed by atoms with Gasteiger partial charge in [-0.25, -0.2) is 0 Å². The predicted octanol–water partition coefficient (Wildman–Crippen LogP) is 3.40. The summed E-state index contributed by atoms with van der Waals surface area (Å²) in [6, 6.07) is 13.9. The van der Waals surface area contributed by atoms with Crippen molar-refractivity contribution in [2.75, 3.05) is 0 Å². The molecule has 2 aromatic rings. The van der Waals surface area contributed by atoms with E-state index in [1.807, 2.05) is 47.5 Å². The quantitative estimate of drug-likeness (QED) is 0.899. The largest absolute Gasteiger partial charge is 0.510 e. The van der Waals surface area contributed by atoms with Crippen molar-refractivity contribution in [3.05, 3.63) is 95.1 Å². The van der Waals surface area contributed by atoms with E-state index in [1.165, 1.54) is 5.56 Å². The summed E-state index contributed by atoms with van der Waals surface area (Å²) in [7, 11) is 0. The Morgan fingerprint density at radius 3 is 2.76 bits per heavy atom. The van der Waals surface area contributed by atoms with E-state index >= 15 is 0 Å². The lowest BCUT2D eigenvalue weighted by Gasteiger charge is -2.33. The van der Waals surface area contributed by atoms with Crippen molar-refractivity contribution in [2.24, 2.45) is 0 Å². The SMILES string of the molecule is O=C1CC(O)=C2C(=CC(Cc3ccccc3)=CN2Cc2ccco2)N1. The Hall–Kier alpha value is -3.21. The van der Waals surface area contributed by atoms with Gasteiger partial charge in [0.15, 0.2) is 0 Å². The van der Waals surface area contributed by atoms with E-state index in [0.29, 0.717) is 17.9 Å². The highest BCUT2D eigenvalue weighted by Crippen LogP contribution is 2.31. The first kappa shape index (κ1) is 15.3. The number of allylic oxidation sites excluding steroid dienone is 2. The van der Waals surface area contributed by atoms with Gasteiger partial charge in [-0.15, -0.1) is 0 Å². The van der Waals surface area contributed by atoms with Gasteiger partial charge in [0, 0.05) is 6.20 Å². The van der Waals surface area contributed by atoms with Gasteiger partial charge in [0.1, 0.15) is 17.2 Å². The van der Waals surface area contributed by atoms with Crippen molar-refractivity contribution in [3.8, 4) is 0 Å². The lowest BCUT2D eigenvalue weighted by Crippen LogP contribution is -2.36. The van der Waals surface area contributed by atoms with Crippen molar-refractivity contribution < 1.29 is 14.3 Å². The van der Waals surface area contributed by atoms with E-state index in [-0.39, 0.29) is 18.1 Å². The zero-order chi connectivity index (χ0) is 17.2. The summed E-state index contributed by atoms with van der Waals surface area (Å²) in [5.41, 5.74) is 3.50. The molecule has 0 fully saturated rings. The molecule has 0 spiro atoms. The van der Waals surface area contributed by atoms with Crippen LogP contribution < -0.4 is 5.32 Å². The summed E-state index contributed by atoms with van der Waals surface area (Å²) < 4.78 is 5.44. The van der Waals surface area contributed by atoms with Crippen molar-refractivity contribution in [2.45, 2.75) is 19.4 Å². The smallest absolute Gasteiger partial charge is 0.232 e. The van der Waals surface area contributed by atoms with E-state index in [4.69, 9.17) is 4.42 Å². The van der Waals surface area contributed by atoms with E-state index in [2.05, 4.69) is 17.4 Å². The number of carbonyl (C=O) groups is 1. The number of furan rings is 1. The first-order valence-corrected chi connectivity index (χ1v) is 8.17. The van der Waals surface area contributed by atoms with Gasteiger partial charge >= 0.3 is 0 Å². The second-order valence-corrected chi connectivity index (χ2v) is 6.15. The Morgan fingerprint density at radius 2 is 2.00 bits per heavy atom. The molecule has 0 aliphatic carbocycles. The van der Waals surface area contributed by atoms with E-state index in [9.17, 15) is 9.90 Å². The Labute approximate surface area is 145 Å². The maximum Gasteiger partial charge on any atom is 0.232 e. The molecule has 25 heavy (non-hydrogen) atoms. The van der Waals surface area contributed by atoms with Crippen LogP contribution in [-0.2, 0) is 17.8 Å². The number of hydrogen-bond acceptors (Lipinski definition) is 4. The number of amides is 1. The number of hydrogen-bond donors (Lipinski definition) is 2. The molecular formula is C20H18N2O3. The molecule has 1 aromatic carbocycles. The second-order valence-electron chi connectivity index (χ2n) is 6.15. The molecule has 0 bridgehead atoms. The van der Waals surface area contributed by atoms with Crippen molar-refractivity contribution in [1.29, 1.82) is 0 Å². The van der Waals surface area contributed by atoms with Crippen LogP contribution >= 0.6 is 0 Å². The topological polar surface area (TPSA) is 65.7 Å².